The lowest BCUT2D eigenvalue weighted by Gasteiger charge is -2.24. The summed E-state index contributed by atoms with van der Waals surface area (Å²) in [5, 5.41) is 16.3. The van der Waals surface area contributed by atoms with E-state index < -0.39 is 0 Å². The molecule has 0 saturated heterocycles. The van der Waals surface area contributed by atoms with Crippen LogP contribution >= 0.6 is 0 Å². The number of aromatic nitrogens is 3. The summed E-state index contributed by atoms with van der Waals surface area (Å²) in [4.78, 5) is 16.0. The molecule has 1 amide bonds. The summed E-state index contributed by atoms with van der Waals surface area (Å²) >= 11 is 0. The minimum absolute atomic E-state index is 0.0629. The van der Waals surface area contributed by atoms with E-state index in [1.807, 2.05) is 7.05 Å². The lowest BCUT2D eigenvalue weighted by atomic mass is 9.87. The Morgan fingerprint density at radius 2 is 2.22 bits per heavy atom. The summed E-state index contributed by atoms with van der Waals surface area (Å²) in [7, 11) is 1.84. The van der Waals surface area contributed by atoms with Gasteiger partial charge in [0, 0.05) is 25.9 Å². The minimum Gasteiger partial charge on any atom is -0.393 e. The summed E-state index contributed by atoms with van der Waals surface area (Å²) < 4.78 is 1.71. The first-order valence-corrected chi connectivity index (χ1v) is 6.45. The molecule has 0 unspecified atom stereocenters. The van der Waals surface area contributed by atoms with Gasteiger partial charge in [-0.15, -0.1) is 0 Å². The Labute approximate surface area is 106 Å². The van der Waals surface area contributed by atoms with Crippen molar-refractivity contribution in [2.24, 2.45) is 13.0 Å². The predicted octanol–water partition coefficient (Wildman–Crippen LogP) is 0.0249. The molecule has 2 N–H and O–H groups in total. The van der Waals surface area contributed by atoms with Crippen molar-refractivity contribution in [1.29, 1.82) is 0 Å². The van der Waals surface area contributed by atoms with E-state index in [4.69, 9.17) is 0 Å². The first kappa shape index (κ1) is 13.0. The van der Waals surface area contributed by atoms with E-state index in [1.54, 1.807) is 4.68 Å². The molecule has 0 aliphatic heterocycles. The van der Waals surface area contributed by atoms with E-state index in [1.165, 1.54) is 6.33 Å². The fourth-order valence-electron chi connectivity index (χ4n) is 2.33. The number of hydrogen-bond acceptors (Lipinski definition) is 4. The van der Waals surface area contributed by atoms with Crippen LogP contribution < -0.4 is 5.32 Å². The van der Waals surface area contributed by atoms with Crippen molar-refractivity contribution in [2.45, 2.75) is 38.2 Å². The van der Waals surface area contributed by atoms with Gasteiger partial charge in [-0.2, -0.15) is 5.10 Å². The zero-order valence-corrected chi connectivity index (χ0v) is 10.7. The van der Waals surface area contributed by atoms with Crippen LogP contribution in [-0.4, -0.2) is 38.4 Å². The number of aliphatic hydroxyl groups is 1. The van der Waals surface area contributed by atoms with E-state index in [2.05, 4.69) is 15.4 Å². The van der Waals surface area contributed by atoms with Crippen molar-refractivity contribution >= 4 is 5.91 Å². The number of carbonyl (C=O) groups excluding carboxylic acids is 1. The number of rotatable bonds is 4. The smallest absolute Gasteiger partial charge is 0.223 e. The Morgan fingerprint density at radius 3 is 2.83 bits per heavy atom. The van der Waals surface area contributed by atoms with Gasteiger partial charge in [-0.25, -0.2) is 4.98 Å². The van der Waals surface area contributed by atoms with Crippen molar-refractivity contribution in [3.05, 3.63) is 12.2 Å². The fourth-order valence-corrected chi connectivity index (χ4v) is 2.33. The maximum absolute atomic E-state index is 11.9. The van der Waals surface area contributed by atoms with E-state index in [9.17, 15) is 9.90 Å². The van der Waals surface area contributed by atoms with E-state index in [0.29, 0.717) is 13.0 Å². The first-order chi connectivity index (χ1) is 8.66. The molecule has 1 aromatic rings. The summed E-state index contributed by atoms with van der Waals surface area (Å²) in [6.07, 6.45) is 5.04. The molecule has 2 rings (SSSR count). The Balaban J connectivity index is 1.70. The van der Waals surface area contributed by atoms with Gasteiger partial charge in [0.15, 0.2) is 0 Å². The van der Waals surface area contributed by atoms with E-state index >= 15 is 0 Å². The van der Waals surface area contributed by atoms with Gasteiger partial charge in [-0.3, -0.25) is 9.48 Å². The van der Waals surface area contributed by atoms with Crippen LogP contribution in [0.4, 0.5) is 0 Å². The fraction of sp³-hybridized carbons (Fsp3) is 0.750. The second-order valence-corrected chi connectivity index (χ2v) is 4.85. The van der Waals surface area contributed by atoms with Gasteiger partial charge >= 0.3 is 0 Å². The largest absolute Gasteiger partial charge is 0.393 e. The van der Waals surface area contributed by atoms with Crippen LogP contribution in [0.3, 0.4) is 0 Å². The standard InChI is InChI=1S/C12H20N4O2/c1-16-11(14-8-15-16)6-7-13-12(18)9-2-4-10(17)5-3-9/h8-10,17H,2-7H2,1H3,(H,13,18). The normalized spacial score (nSPS) is 23.9. The van der Waals surface area contributed by atoms with E-state index in [0.717, 1.165) is 31.5 Å². The Kier molecular flexibility index (Phi) is 4.30. The van der Waals surface area contributed by atoms with Gasteiger partial charge in [0.05, 0.1) is 6.10 Å². The molecule has 0 spiro atoms. The van der Waals surface area contributed by atoms with Crippen LogP contribution in [0.5, 0.6) is 0 Å². The topological polar surface area (TPSA) is 80.0 Å². The number of amides is 1. The van der Waals surface area contributed by atoms with Gasteiger partial charge in [0.25, 0.3) is 0 Å². The lowest BCUT2D eigenvalue weighted by molar-refractivity contribution is -0.126. The number of nitrogens with one attached hydrogen (secondary N) is 1. The second-order valence-electron chi connectivity index (χ2n) is 4.85. The summed E-state index contributed by atoms with van der Waals surface area (Å²) in [6, 6.07) is 0. The average Bonchev–Trinajstić information content (AvgIpc) is 2.76. The van der Waals surface area contributed by atoms with Crippen LogP contribution in [0, 0.1) is 5.92 Å². The predicted molar refractivity (Wildman–Crippen MR) is 65.7 cm³/mol. The highest BCUT2D eigenvalue weighted by Gasteiger charge is 2.24. The third-order valence-electron chi connectivity index (χ3n) is 3.52. The summed E-state index contributed by atoms with van der Waals surface area (Å²) in [5.41, 5.74) is 0. The molecule has 6 nitrogen and oxygen atoms in total. The molecule has 0 radical (unpaired) electrons. The summed E-state index contributed by atoms with van der Waals surface area (Å²) in [6.45, 7) is 0.588. The molecule has 1 saturated carbocycles. The molecule has 1 fully saturated rings. The molecular weight excluding hydrogens is 232 g/mol. The number of aliphatic hydroxyl groups excluding tert-OH is 1. The molecule has 100 valence electrons. The van der Waals surface area contributed by atoms with Crippen LogP contribution in [0.15, 0.2) is 6.33 Å². The second kappa shape index (κ2) is 5.95. The van der Waals surface area contributed by atoms with Gasteiger partial charge in [-0.1, -0.05) is 0 Å². The van der Waals surface area contributed by atoms with E-state index in [-0.39, 0.29) is 17.9 Å². The van der Waals surface area contributed by atoms with Crippen molar-refractivity contribution in [2.75, 3.05) is 6.54 Å². The highest BCUT2D eigenvalue weighted by Crippen LogP contribution is 2.24. The summed E-state index contributed by atoms with van der Waals surface area (Å²) in [5.74, 6) is 1.03. The average molecular weight is 252 g/mol. The van der Waals surface area contributed by atoms with Crippen LogP contribution in [-0.2, 0) is 18.3 Å². The monoisotopic (exact) mass is 252 g/mol. The van der Waals surface area contributed by atoms with Crippen LogP contribution in [0.1, 0.15) is 31.5 Å². The lowest BCUT2D eigenvalue weighted by Crippen LogP contribution is -2.35. The van der Waals surface area contributed by atoms with Crippen molar-refractivity contribution < 1.29 is 9.90 Å². The quantitative estimate of drug-likeness (QED) is 0.792. The highest BCUT2D eigenvalue weighted by atomic mass is 16.3. The molecule has 1 aromatic heterocycles. The first-order valence-electron chi connectivity index (χ1n) is 6.45. The van der Waals surface area contributed by atoms with Crippen LogP contribution in [0.2, 0.25) is 0 Å². The number of hydrogen-bond donors (Lipinski definition) is 2. The number of nitrogens with zero attached hydrogens (tertiary/aromatic N) is 3. The zero-order chi connectivity index (χ0) is 13.0. The van der Waals surface area contributed by atoms with Crippen molar-refractivity contribution in [3.63, 3.8) is 0 Å². The zero-order valence-electron chi connectivity index (χ0n) is 10.7. The molecule has 1 heterocycles. The molecule has 0 atom stereocenters. The van der Waals surface area contributed by atoms with Crippen LogP contribution in [0.25, 0.3) is 0 Å². The third-order valence-corrected chi connectivity index (χ3v) is 3.52. The Bertz CT molecular complexity index is 397. The maximum atomic E-state index is 11.9. The Morgan fingerprint density at radius 1 is 1.50 bits per heavy atom. The molecule has 0 aromatic carbocycles. The van der Waals surface area contributed by atoms with Crippen molar-refractivity contribution in [1.82, 2.24) is 20.1 Å². The molecular formula is C12H20N4O2. The molecule has 1 aliphatic rings. The van der Waals surface area contributed by atoms with Crippen molar-refractivity contribution in [3.8, 4) is 0 Å². The molecule has 6 heteroatoms. The number of carbonyl (C=O) groups is 1. The number of aryl methyl sites for hydroxylation is 1. The SMILES string of the molecule is Cn1ncnc1CCNC(=O)C1CCC(O)CC1. The van der Waals surface area contributed by atoms with Gasteiger partial charge in [0.2, 0.25) is 5.91 Å². The molecule has 0 bridgehead atoms. The molecule has 1 aliphatic carbocycles. The Hall–Kier alpha value is -1.43. The van der Waals surface area contributed by atoms with Gasteiger partial charge in [0.1, 0.15) is 12.2 Å². The minimum atomic E-state index is -0.215. The van der Waals surface area contributed by atoms with Gasteiger partial charge < -0.3 is 10.4 Å². The highest BCUT2D eigenvalue weighted by molar-refractivity contribution is 5.78. The maximum Gasteiger partial charge on any atom is 0.223 e. The van der Waals surface area contributed by atoms with Gasteiger partial charge in [-0.05, 0) is 25.7 Å². The molecule has 18 heavy (non-hydrogen) atoms. The third kappa shape index (κ3) is 3.29.